The van der Waals surface area contributed by atoms with Gasteiger partial charge in [-0.2, -0.15) is 0 Å². The van der Waals surface area contributed by atoms with E-state index in [4.69, 9.17) is 4.74 Å². The molecule has 0 saturated carbocycles. The zero-order valence-electron chi connectivity index (χ0n) is 21.7. The Bertz CT molecular complexity index is 1530. The van der Waals surface area contributed by atoms with Crippen molar-refractivity contribution in [3.63, 3.8) is 0 Å². The van der Waals surface area contributed by atoms with Gasteiger partial charge in [0, 0.05) is 12.3 Å². The van der Waals surface area contributed by atoms with E-state index in [1.165, 1.54) is 6.08 Å². The Labute approximate surface area is 232 Å². The van der Waals surface area contributed by atoms with Crippen molar-refractivity contribution in [2.45, 2.75) is 11.6 Å². The number of ether oxygens (including phenoxy) is 1. The lowest BCUT2D eigenvalue weighted by Gasteiger charge is -2.37. The number of imide groups is 1. The first-order valence-electron chi connectivity index (χ1n) is 13.1. The first kappa shape index (κ1) is 25.1. The summed E-state index contributed by atoms with van der Waals surface area (Å²) in [6.07, 6.45) is 6.08. The lowest BCUT2D eigenvalue weighted by molar-refractivity contribution is -0.124. The summed E-state index contributed by atoms with van der Waals surface area (Å²) in [7, 11) is 0. The Hall–Kier alpha value is -5.23. The molecule has 1 aromatic heterocycles. The maximum Gasteiger partial charge on any atom is 0.417 e. The van der Waals surface area contributed by atoms with Crippen LogP contribution in [0.25, 0.3) is 6.08 Å². The Morgan fingerprint density at radius 1 is 0.775 bits per heavy atom. The fourth-order valence-corrected chi connectivity index (χ4v) is 5.42. The predicted octanol–water partition coefficient (Wildman–Crippen LogP) is 6.46. The highest BCUT2D eigenvalue weighted by atomic mass is 16.6. The minimum atomic E-state index is -0.704. The first-order valence-corrected chi connectivity index (χ1v) is 13.1. The summed E-state index contributed by atoms with van der Waals surface area (Å²) in [4.78, 5) is 31.4. The second-order valence-corrected chi connectivity index (χ2v) is 9.56. The highest BCUT2D eigenvalue weighted by Gasteiger charge is 2.39. The van der Waals surface area contributed by atoms with Crippen LogP contribution in [0.3, 0.4) is 0 Å². The Kier molecular flexibility index (Phi) is 6.81. The highest BCUT2D eigenvalue weighted by Crippen LogP contribution is 2.40. The molecule has 5 aromatic rings. The van der Waals surface area contributed by atoms with Gasteiger partial charge in [0.05, 0.1) is 12.0 Å². The number of benzene rings is 4. The normalized spacial score (nSPS) is 15.3. The molecule has 1 atom stereocenters. The number of imidazole rings is 1. The van der Waals surface area contributed by atoms with Gasteiger partial charge in [-0.1, -0.05) is 121 Å². The van der Waals surface area contributed by atoms with Crippen LogP contribution in [0.5, 0.6) is 0 Å². The van der Waals surface area contributed by atoms with E-state index < -0.39 is 23.6 Å². The second-order valence-electron chi connectivity index (χ2n) is 9.56. The summed E-state index contributed by atoms with van der Waals surface area (Å²) >= 11 is 0. The third-order valence-corrected chi connectivity index (χ3v) is 7.26. The molecule has 40 heavy (non-hydrogen) atoms. The standard InChI is InChI=1S/C34H27N3O3/c38-32(37-31(24-40-33(37)39)26-13-5-1-6-14-26)22-21-30-23-36(25-35-30)34(27-15-7-2-8-16-27,28-17-9-3-10-18-28)29-19-11-4-12-20-29/h1-23,25,31H,24H2/b22-21+/t31-/m0/s1. The third kappa shape index (κ3) is 4.50. The number of rotatable bonds is 7. The summed E-state index contributed by atoms with van der Waals surface area (Å²) in [5, 5.41) is 0. The largest absolute Gasteiger partial charge is 0.446 e. The van der Waals surface area contributed by atoms with Crippen LogP contribution in [-0.2, 0) is 15.1 Å². The van der Waals surface area contributed by atoms with Crippen LogP contribution in [0.15, 0.2) is 140 Å². The molecule has 1 saturated heterocycles. The molecule has 1 aliphatic rings. The number of amides is 2. The van der Waals surface area contributed by atoms with Crippen molar-refractivity contribution < 1.29 is 14.3 Å². The molecule has 0 spiro atoms. The van der Waals surface area contributed by atoms with E-state index in [-0.39, 0.29) is 6.61 Å². The smallest absolute Gasteiger partial charge is 0.417 e. The molecule has 2 amide bonds. The van der Waals surface area contributed by atoms with Crippen LogP contribution in [-0.4, -0.2) is 33.1 Å². The topological polar surface area (TPSA) is 64.4 Å². The number of nitrogens with zero attached hydrogens (tertiary/aromatic N) is 3. The molecule has 4 aromatic carbocycles. The summed E-state index contributed by atoms with van der Waals surface area (Å²) in [6, 6.07) is 39.8. The van der Waals surface area contributed by atoms with E-state index in [0.29, 0.717) is 5.69 Å². The van der Waals surface area contributed by atoms with Gasteiger partial charge in [0.2, 0.25) is 0 Å². The van der Waals surface area contributed by atoms with Crippen LogP contribution in [0.1, 0.15) is 34.0 Å². The zero-order valence-corrected chi connectivity index (χ0v) is 21.7. The van der Waals surface area contributed by atoms with Gasteiger partial charge in [-0.05, 0) is 28.3 Å². The molecule has 0 unspecified atom stereocenters. The Balaban J connectivity index is 1.39. The fourth-order valence-electron chi connectivity index (χ4n) is 5.42. The van der Waals surface area contributed by atoms with E-state index >= 15 is 0 Å². The van der Waals surface area contributed by atoms with Crippen molar-refractivity contribution in [2.24, 2.45) is 0 Å². The van der Waals surface area contributed by atoms with Gasteiger partial charge in [0.1, 0.15) is 18.2 Å². The van der Waals surface area contributed by atoms with Crippen molar-refractivity contribution in [1.29, 1.82) is 0 Å². The van der Waals surface area contributed by atoms with E-state index in [0.717, 1.165) is 27.2 Å². The van der Waals surface area contributed by atoms with Crippen molar-refractivity contribution in [1.82, 2.24) is 14.5 Å². The fraction of sp³-hybridized carbons (Fsp3) is 0.0882. The summed E-state index contributed by atoms with van der Waals surface area (Å²) in [6.45, 7) is 0.130. The maximum absolute atomic E-state index is 13.2. The molecular formula is C34H27N3O3. The van der Waals surface area contributed by atoms with Gasteiger partial charge in [0.15, 0.2) is 0 Å². The number of carbonyl (C=O) groups excluding carboxylic acids is 2. The molecule has 6 heteroatoms. The minimum absolute atomic E-state index is 0.130. The van der Waals surface area contributed by atoms with Gasteiger partial charge in [0.25, 0.3) is 5.91 Å². The second kappa shape index (κ2) is 10.9. The summed E-state index contributed by atoms with van der Waals surface area (Å²) in [5.74, 6) is -0.452. The third-order valence-electron chi connectivity index (χ3n) is 7.26. The van der Waals surface area contributed by atoms with Crippen molar-refractivity contribution in [2.75, 3.05) is 6.61 Å². The Morgan fingerprint density at radius 3 is 1.80 bits per heavy atom. The molecule has 2 heterocycles. The number of carbonyl (C=O) groups is 2. The van der Waals surface area contributed by atoms with Crippen molar-refractivity contribution >= 4 is 18.1 Å². The lowest BCUT2D eigenvalue weighted by Crippen LogP contribution is -2.36. The first-order chi connectivity index (χ1) is 19.7. The molecule has 0 radical (unpaired) electrons. The number of hydrogen-bond donors (Lipinski definition) is 0. The lowest BCUT2D eigenvalue weighted by atomic mass is 9.77. The van der Waals surface area contributed by atoms with Crippen LogP contribution in [0.2, 0.25) is 0 Å². The molecule has 1 aliphatic heterocycles. The average molecular weight is 526 g/mol. The van der Waals surface area contributed by atoms with Gasteiger partial charge in [-0.15, -0.1) is 0 Å². The molecule has 1 fully saturated rings. The van der Waals surface area contributed by atoms with Gasteiger partial charge < -0.3 is 9.30 Å². The SMILES string of the molecule is O=C(/C=C/c1cn(C(c2ccccc2)(c2ccccc2)c2ccccc2)cn1)N1C(=O)OC[C@H]1c1ccccc1. The number of aromatic nitrogens is 2. The molecule has 0 N–H and O–H groups in total. The van der Waals surface area contributed by atoms with E-state index in [2.05, 4.69) is 45.9 Å². The zero-order chi connectivity index (χ0) is 27.4. The maximum atomic E-state index is 13.2. The highest BCUT2D eigenvalue weighted by molar-refractivity contribution is 6.02. The monoisotopic (exact) mass is 525 g/mol. The molecule has 0 aliphatic carbocycles. The van der Waals surface area contributed by atoms with Crippen LogP contribution in [0.4, 0.5) is 4.79 Å². The van der Waals surface area contributed by atoms with Gasteiger partial charge in [-0.25, -0.2) is 14.7 Å². The van der Waals surface area contributed by atoms with Crippen LogP contribution < -0.4 is 0 Å². The predicted molar refractivity (Wildman–Crippen MR) is 153 cm³/mol. The molecule has 0 bridgehead atoms. The van der Waals surface area contributed by atoms with E-state index in [1.54, 1.807) is 12.4 Å². The van der Waals surface area contributed by atoms with Crippen LogP contribution in [0, 0.1) is 0 Å². The average Bonchev–Trinajstić information content (AvgIpc) is 3.65. The number of cyclic esters (lactones) is 1. The van der Waals surface area contributed by atoms with E-state index in [1.807, 2.05) is 91.1 Å². The van der Waals surface area contributed by atoms with Crippen molar-refractivity contribution in [3.8, 4) is 0 Å². The van der Waals surface area contributed by atoms with Gasteiger partial charge >= 0.3 is 6.09 Å². The van der Waals surface area contributed by atoms with Crippen molar-refractivity contribution in [3.05, 3.63) is 168 Å². The Morgan fingerprint density at radius 2 is 1.27 bits per heavy atom. The molecule has 196 valence electrons. The summed E-state index contributed by atoms with van der Waals surface area (Å²) in [5.41, 5.74) is 3.94. The molecule has 6 rings (SSSR count). The quantitative estimate of drug-likeness (QED) is 0.181. The van der Waals surface area contributed by atoms with E-state index in [9.17, 15) is 9.59 Å². The number of hydrogen-bond acceptors (Lipinski definition) is 4. The molecular weight excluding hydrogens is 498 g/mol. The summed E-state index contributed by atoms with van der Waals surface area (Å²) < 4.78 is 7.29. The minimum Gasteiger partial charge on any atom is -0.446 e. The van der Waals surface area contributed by atoms with Crippen LogP contribution >= 0.6 is 0 Å². The van der Waals surface area contributed by atoms with Gasteiger partial charge in [-0.3, -0.25) is 4.79 Å². The molecule has 6 nitrogen and oxygen atoms in total.